The van der Waals surface area contributed by atoms with Crippen molar-refractivity contribution in [1.29, 1.82) is 0 Å². The molecular weight excluding hydrogens is 258 g/mol. The van der Waals surface area contributed by atoms with Crippen molar-refractivity contribution < 1.29 is 14.3 Å². The molecule has 0 aliphatic carbocycles. The van der Waals surface area contributed by atoms with Gasteiger partial charge in [0.2, 0.25) is 11.8 Å². The summed E-state index contributed by atoms with van der Waals surface area (Å²) in [7, 11) is 1.49. The lowest BCUT2D eigenvalue weighted by Crippen LogP contribution is -2.39. The van der Waals surface area contributed by atoms with Crippen LogP contribution in [0, 0.1) is 5.92 Å². The fourth-order valence-corrected chi connectivity index (χ4v) is 1.59. The largest absolute Gasteiger partial charge is 0.494 e. The van der Waals surface area contributed by atoms with Crippen LogP contribution in [0.5, 0.6) is 5.75 Å². The fourth-order valence-electron chi connectivity index (χ4n) is 1.59. The van der Waals surface area contributed by atoms with Gasteiger partial charge in [0.1, 0.15) is 5.75 Å². The monoisotopic (exact) mass is 279 g/mol. The third-order valence-corrected chi connectivity index (χ3v) is 2.80. The number of nitrogens with one attached hydrogen (secondary N) is 2. The predicted octanol–water partition coefficient (Wildman–Crippen LogP) is 1.58. The van der Waals surface area contributed by atoms with E-state index in [2.05, 4.69) is 10.6 Å². The Hall–Kier alpha value is -2.08. The number of hydrogen-bond acceptors (Lipinski definition) is 4. The standard InChI is InChI=1S/C14H21N3O3/c1-8(2)13(15)14(19)17-10-5-6-11(16-9(3)18)12(7-10)20-4/h5-8,13H,15H2,1-4H3,(H,16,18)(H,17,19). The van der Waals surface area contributed by atoms with Crippen LogP contribution in [0.25, 0.3) is 0 Å². The molecule has 1 atom stereocenters. The summed E-state index contributed by atoms with van der Waals surface area (Å²) in [6, 6.07) is 4.40. The molecule has 4 N–H and O–H groups in total. The molecule has 0 saturated heterocycles. The molecule has 6 nitrogen and oxygen atoms in total. The van der Waals surface area contributed by atoms with Gasteiger partial charge in [0, 0.05) is 18.7 Å². The minimum Gasteiger partial charge on any atom is -0.494 e. The average Bonchev–Trinajstić information content (AvgIpc) is 2.38. The SMILES string of the molecule is COc1cc(NC(=O)C(N)C(C)C)ccc1NC(C)=O. The van der Waals surface area contributed by atoms with Gasteiger partial charge in [-0.1, -0.05) is 13.8 Å². The number of amides is 2. The maximum atomic E-state index is 11.9. The predicted molar refractivity (Wildman–Crippen MR) is 78.7 cm³/mol. The Morgan fingerprint density at radius 1 is 1.25 bits per heavy atom. The number of rotatable bonds is 5. The highest BCUT2D eigenvalue weighted by molar-refractivity contribution is 5.96. The molecule has 0 heterocycles. The van der Waals surface area contributed by atoms with Crippen LogP contribution >= 0.6 is 0 Å². The minimum atomic E-state index is -0.573. The van der Waals surface area contributed by atoms with Crippen molar-refractivity contribution >= 4 is 23.2 Å². The molecule has 2 amide bonds. The Morgan fingerprint density at radius 3 is 2.40 bits per heavy atom. The maximum Gasteiger partial charge on any atom is 0.241 e. The van der Waals surface area contributed by atoms with E-state index in [0.717, 1.165) is 0 Å². The molecule has 0 radical (unpaired) electrons. The Bertz CT molecular complexity index is 500. The van der Waals surface area contributed by atoms with E-state index in [1.54, 1.807) is 18.2 Å². The summed E-state index contributed by atoms with van der Waals surface area (Å²) in [4.78, 5) is 22.9. The van der Waals surface area contributed by atoms with Gasteiger partial charge in [-0.2, -0.15) is 0 Å². The van der Waals surface area contributed by atoms with Gasteiger partial charge in [0.05, 0.1) is 18.8 Å². The summed E-state index contributed by atoms with van der Waals surface area (Å²) in [6.45, 7) is 5.17. The number of ether oxygens (including phenoxy) is 1. The lowest BCUT2D eigenvalue weighted by Gasteiger charge is -2.16. The van der Waals surface area contributed by atoms with E-state index in [1.165, 1.54) is 14.0 Å². The second-order valence-corrected chi connectivity index (χ2v) is 4.86. The van der Waals surface area contributed by atoms with Gasteiger partial charge in [-0.3, -0.25) is 9.59 Å². The van der Waals surface area contributed by atoms with E-state index in [4.69, 9.17) is 10.5 Å². The topological polar surface area (TPSA) is 93.4 Å². The molecule has 0 saturated carbocycles. The lowest BCUT2D eigenvalue weighted by atomic mass is 10.0. The second-order valence-electron chi connectivity index (χ2n) is 4.86. The van der Waals surface area contributed by atoms with Crippen LogP contribution in [-0.2, 0) is 9.59 Å². The highest BCUT2D eigenvalue weighted by Crippen LogP contribution is 2.28. The number of carbonyl (C=O) groups is 2. The minimum absolute atomic E-state index is 0.0514. The van der Waals surface area contributed by atoms with Gasteiger partial charge >= 0.3 is 0 Å². The Labute approximate surface area is 118 Å². The summed E-state index contributed by atoms with van der Waals surface area (Å²) in [6.07, 6.45) is 0. The molecule has 1 rings (SSSR count). The number of nitrogens with two attached hydrogens (primary N) is 1. The molecule has 110 valence electrons. The molecule has 0 spiro atoms. The highest BCUT2D eigenvalue weighted by Gasteiger charge is 2.17. The van der Waals surface area contributed by atoms with E-state index in [1.807, 2.05) is 13.8 Å². The molecule has 0 aromatic heterocycles. The average molecular weight is 279 g/mol. The zero-order chi connectivity index (χ0) is 15.3. The number of anilines is 2. The van der Waals surface area contributed by atoms with Gasteiger partial charge in [-0.05, 0) is 18.1 Å². The van der Waals surface area contributed by atoms with Crippen molar-refractivity contribution in [3.63, 3.8) is 0 Å². The molecule has 20 heavy (non-hydrogen) atoms. The maximum absolute atomic E-state index is 11.9. The number of methoxy groups -OCH3 is 1. The Balaban J connectivity index is 2.88. The van der Waals surface area contributed by atoms with Crippen LogP contribution in [-0.4, -0.2) is 25.0 Å². The number of carbonyl (C=O) groups excluding carboxylic acids is 2. The number of benzene rings is 1. The zero-order valence-corrected chi connectivity index (χ0v) is 12.2. The Morgan fingerprint density at radius 2 is 1.90 bits per heavy atom. The first-order valence-electron chi connectivity index (χ1n) is 6.37. The first-order valence-corrected chi connectivity index (χ1v) is 6.37. The van der Waals surface area contributed by atoms with Gasteiger partial charge in [-0.15, -0.1) is 0 Å². The summed E-state index contributed by atoms with van der Waals surface area (Å²) in [5, 5.41) is 5.37. The van der Waals surface area contributed by atoms with Crippen molar-refractivity contribution in [3.8, 4) is 5.75 Å². The van der Waals surface area contributed by atoms with E-state index in [0.29, 0.717) is 17.1 Å². The molecule has 1 aromatic carbocycles. The highest BCUT2D eigenvalue weighted by atomic mass is 16.5. The summed E-state index contributed by atoms with van der Waals surface area (Å²) in [5.41, 5.74) is 6.89. The second kappa shape index (κ2) is 6.91. The zero-order valence-electron chi connectivity index (χ0n) is 12.2. The van der Waals surface area contributed by atoms with Crippen molar-refractivity contribution in [1.82, 2.24) is 0 Å². The smallest absolute Gasteiger partial charge is 0.241 e. The fraction of sp³-hybridized carbons (Fsp3) is 0.429. The van der Waals surface area contributed by atoms with Crippen LogP contribution in [0.1, 0.15) is 20.8 Å². The van der Waals surface area contributed by atoms with Crippen LogP contribution < -0.4 is 21.1 Å². The molecule has 6 heteroatoms. The van der Waals surface area contributed by atoms with Gasteiger partial charge in [0.25, 0.3) is 0 Å². The van der Waals surface area contributed by atoms with Gasteiger partial charge in [-0.25, -0.2) is 0 Å². The van der Waals surface area contributed by atoms with E-state index >= 15 is 0 Å². The van der Waals surface area contributed by atoms with Crippen LogP contribution in [0.2, 0.25) is 0 Å². The molecule has 0 aliphatic heterocycles. The lowest BCUT2D eigenvalue weighted by molar-refractivity contribution is -0.118. The first kappa shape index (κ1) is 16.0. The van der Waals surface area contributed by atoms with E-state index < -0.39 is 6.04 Å². The molecule has 1 unspecified atom stereocenters. The van der Waals surface area contributed by atoms with Crippen molar-refractivity contribution in [3.05, 3.63) is 18.2 Å². The third kappa shape index (κ3) is 4.24. The summed E-state index contributed by atoms with van der Waals surface area (Å²) >= 11 is 0. The molecule has 1 aromatic rings. The first-order chi connectivity index (χ1) is 9.35. The van der Waals surface area contributed by atoms with Gasteiger partial charge in [0.15, 0.2) is 0 Å². The van der Waals surface area contributed by atoms with Gasteiger partial charge < -0.3 is 21.1 Å². The van der Waals surface area contributed by atoms with Crippen molar-refractivity contribution in [2.24, 2.45) is 11.7 Å². The van der Waals surface area contributed by atoms with E-state index in [-0.39, 0.29) is 17.7 Å². The van der Waals surface area contributed by atoms with Crippen LogP contribution in [0.4, 0.5) is 11.4 Å². The van der Waals surface area contributed by atoms with E-state index in [9.17, 15) is 9.59 Å². The molecule has 0 aliphatic rings. The van der Waals surface area contributed by atoms with Crippen LogP contribution in [0.3, 0.4) is 0 Å². The third-order valence-electron chi connectivity index (χ3n) is 2.80. The normalized spacial score (nSPS) is 11.9. The molecular formula is C14H21N3O3. The summed E-state index contributed by atoms with van der Waals surface area (Å²) in [5.74, 6) is 0.0721. The quantitative estimate of drug-likeness (QED) is 0.762. The van der Waals surface area contributed by atoms with Crippen molar-refractivity contribution in [2.75, 3.05) is 17.7 Å². The molecule has 0 bridgehead atoms. The molecule has 0 fully saturated rings. The van der Waals surface area contributed by atoms with Crippen LogP contribution in [0.15, 0.2) is 18.2 Å². The number of hydrogen-bond donors (Lipinski definition) is 3. The summed E-state index contributed by atoms with van der Waals surface area (Å²) < 4.78 is 5.18. The van der Waals surface area contributed by atoms with Crippen molar-refractivity contribution in [2.45, 2.75) is 26.8 Å². The Kier molecular flexibility index (Phi) is 5.52.